The summed E-state index contributed by atoms with van der Waals surface area (Å²) in [6, 6.07) is 0. The highest BCUT2D eigenvalue weighted by atomic mass is 16.4. The van der Waals surface area contributed by atoms with Crippen molar-refractivity contribution in [1.29, 1.82) is 0 Å². The number of carbonyl (C=O) groups is 1. The highest BCUT2D eigenvalue weighted by molar-refractivity contribution is 5.71. The molecule has 0 aromatic carbocycles. The maximum atomic E-state index is 10.0. The maximum Gasteiger partial charge on any atom is 0.332 e. The van der Waals surface area contributed by atoms with Crippen LogP contribution in [-0.4, -0.2) is 56.4 Å². The van der Waals surface area contributed by atoms with Gasteiger partial charge in [0, 0.05) is 6.42 Å². The second-order valence-corrected chi connectivity index (χ2v) is 2.41. The van der Waals surface area contributed by atoms with Crippen LogP contribution in [0.3, 0.4) is 0 Å². The van der Waals surface area contributed by atoms with E-state index in [0.717, 1.165) is 0 Å². The van der Waals surface area contributed by atoms with Gasteiger partial charge in [-0.05, 0) is 0 Å². The van der Waals surface area contributed by atoms with Crippen LogP contribution in [0.15, 0.2) is 0 Å². The van der Waals surface area contributed by atoms with Gasteiger partial charge in [0.15, 0.2) is 6.10 Å². The van der Waals surface area contributed by atoms with Gasteiger partial charge in [0.25, 0.3) is 0 Å². The largest absolute Gasteiger partial charge is 0.479 e. The Bertz CT molecular complexity index is 147. The topological polar surface area (TPSA) is 118 Å². The van der Waals surface area contributed by atoms with Gasteiger partial charge >= 0.3 is 5.97 Å². The van der Waals surface area contributed by atoms with Crippen LogP contribution < -0.4 is 0 Å². The lowest BCUT2D eigenvalue weighted by atomic mass is 10.1. The van der Waals surface area contributed by atoms with Crippen molar-refractivity contribution in [3.05, 3.63) is 0 Å². The molecule has 0 aliphatic carbocycles. The summed E-state index contributed by atoms with van der Waals surface area (Å²) in [6.07, 6.45) is -5.07. The van der Waals surface area contributed by atoms with Crippen molar-refractivity contribution in [3.8, 4) is 0 Å². The lowest BCUT2D eigenvalue weighted by molar-refractivity contribution is -0.149. The predicted octanol–water partition coefficient (Wildman–Crippen LogP) is -2.46. The third-order valence-corrected chi connectivity index (χ3v) is 1.38. The quantitative estimate of drug-likeness (QED) is 0.320. The van der Waals surface area contributed by atoms with E-state index >= 15 is 0 Å². The Hall–Kier alpha value is -0.690. The fraction of sp³-hybridized carbons (Fsp3) is 0.833. The van der Waals surface area contributed by atoms with E-state index in [0.29, 0.717) is 0 Å². The zero-order valence-electron chi connectivity index (χ0n) is 6.29. The molecule has 72 valence electrons. The van der Waals surface area contributed by atoms with Crippen LogP contribution in [0.2, 0.25) is 0 Å². The Morgan fingerprint density at radius 1 is 1.17 bits per heavy atom. The third kappa shape index (κ3) is 3.63. The van der Waals surface area contributed by atoms with Gasteiger partial charge in [-0.25, -0.2) is 4.79 Å². The van der Waals surface area contributed by atoms with Crippen molar-refractivity contribution in [2.45, 2.75) is 24.7 Å². The zero-order valence-corrected chi connectivity index (χ0v) is 6.29. The number of aliphatic hydroxyl groups is 4. The number of rotatable bonds is 5. The minimum Gasteiger partial charge on any atom is -0.479 e. The number of carboxylic acids is 1. The van der Waals surface area contributed by atoms with Gasteiger partial charge in [0.1, 0.15) is 6.10 Å². The minimum absolute atomic E-state index is 0.503. The summed E-state index contributed by atoms with van der Waals surface area (Å²) in [5.74, 6) is -1.47. The third-order valence-electron chi connectivity index (χ3n) is 1.38. The molecule has 0 rings (SSSR count). The Kier molecular flexibility index (Phi) is 4.75. The molecule has 0 aromatic heterocycles. The summed E-state index contributed by atoms with van der Waals surface area (Å²) in [4.78, 5) is 10.0. The second kappa shape index (κ2) is 5.04. The molecule has 0 heterocycles. The number of aliphatic hydroxyl groups excluding tert-OH is 4. The van der Waals surface area contributed by atoms with Gasteiger partial charge in [-0.1, -0.05) is 0 Å². The van der Waals surface area contributed by atoms with Crippen LogP contribution in [0, 0.1) is 0 Å². The van der Waals surface area contributed by atoms with Gasteiger partial charge in [0.2, 0.25) is 0 Å². The number of hydrogen-bond donors (Lipinski definition) is 5. The Morgan fingerprint density at radius 3 is 2.00 bits per heavy atom. The van der Waals surface area contributed by atoms with Crippen molar-refractivity contribution in [2.24, 2.45) is 0 Å². The van der Waals surface area contributed by atoms with Crippen LogP contribution in [0.4, 0.5) is 0 Å². The SMILES string of the molecule is O=C(O)C(O)CC(O)[C@H](O)CO. The highest BCUT2D eigenvalue weighted by Gasteiger charge is 2.23. The summed E-state index contributed by atoms with van der Waals surface area (Å²) in [7, 11) is 0. The van der Waals surface area contributed by atoms with Crippen LogP contribution >= 0.6 is 0 Å². The fourth-order valence-corrected chi connectivity index (χ4v) is 0.608. The molecule has 5 N–H and O–H groups in total. The minimum atomic E-state index is -1.72. The molecule has 12 heavy (non-hydrogen) atoms. The highest BCUT2D eigenvalue weighted by Crippen LogP contribution is 2.02. The van der Waals surface area contributed by atoms with E-state index in [4.69, 9.17) is 25.5 Å². The van der Waals surface area contributed by atoms with E-state index in [9.17, 15) is 4.79 Å². The molecule has 0 aromatic rings. The van der Waals surface area contributed by atoms with Gasteiger partial charge in [0.05, 0.1) is 12.7 Å². The molecule has 0 fully saturated rings. The number of carboxylic acid groups (broad SMARTS) is 1. The van der Waals surface area contributed by atoms with E-state index in [2.05, 4.69) is 0 Å². The Labute approximate surface area is 68.7 Å². The Balaban J connectivity index is 3.83. The number of hydrogen-bond acceptors (Lipinski definition) is 5. The summed E-state index contributed by atoms with van der Waals surface area (Å²) < 4.78 is 0. The zero-order chi connectivity index (χ0) is 9.72. The van der Waals surface area contributed by atoms with E-state index in [1.807, 2.05) is 0 Å². The first-order valence-electron chi connectivity index (χ1n) is 3.37. The van der Waals surface area contributed by atoms with E-state index < -0.39 is 37.3 Å². The lowest BCUT2D eigenvalue weighted by Crippen LogP contribution is -2.35. The molecule has 2 unspecified atom stereocenters. The second-order valence-electron chi connectivity index (χ2n) is 2.41. The fourth-order valence-electron chi connectivity index (χ4n) is 0.608. The molecule has 0 radical (unpaired) electrons. The van der Waals surface area contributed by atoms with Crippen LogP contribution in [0.25, 0.3) is 0 Å². The van der Waals surface area contributed by atoms with Gasteiger partial charge in [-0.15, -0.1) is 0 Å². The predicted molar refractivity (Wildman–Crippen MR) is 37.4 cm³/mol. The molecule has 6 heteroatoms. The van der Waals surface area contributed by atoms with Gasteiger partial charge in [-0.2, -0.15) is 0 Å². The molecule has 0 amide bonds. The molecule has 0 saturated carbocycles. The molecule has 3 atom stereocenters. The van der Waals surface area contributed by atoms with Crippen molar-refractivity contribution >= 4 is 5.97 Å². The Morgan fingerprint density at radius 2 is 1.67 bits per heavy atom. The molecule has 6 nitrogen and oxygen atoms in total. The van der Waals surface area contributed by atoms with Crippen molar-refractivity contribution < 1.29 is 30.3 Å². The molecule has 0 bridgehead atoms. The van der Waals surface area contributed by atoms with E-state index in [1.165, 1.54) is 0 Å². The molecule has 0 spiro atoms. The molecule has 0 aliphatic rings. The van der Waals surface area contributed by atoms with Crippen molar-refractivity contribution in [3.63, 3.8) is 0 Å². The van der Waals surface area contributed by atoms with E-state index in [-0.39, 0.29) is 0 Å². The molecule has 0 aliphatic heterocycles. The first-order chi connectivity index (χ1) is 5.49. The maximum absolute atomic E-state index is 10.0. The standard InChI is InChI=1S/C6H12O6/c7-2-5(10)3(8)1-4(9)6(11)12/h3-5,7-10H,1-2H2,(H,11,12)/t3?,4?,5-/m1/s1. The number of aliphatic carboxylic acids is 1. The summed E-state index contributed by atoms with van der Waals surface area (Å²) in [5, 5.41) is 42.8. The van der Waals surface area contributed by atoms with Crippen molar-refractivity contribution in [2.75, 3.05) is 6.61 Å². The van der Waals surface area contributed by atoms with Gasteiger partial charge in [-0.3, -0.25) is 0 Å². The normalized spacial score (nSPS) is 18.3. The summed E-state index contributed by atoms with van der Waals surface area (Å²) in [5.41, 5.74) is 0. The van der Waals surface area contributed by atoms with Gasteiger partial charge < -0.3 is 25.5 Å². The van der Waals surface area contributed by atoms with Crippen LogP contribution in [0.5, 0.6) is 0 Å². The first-order valence-corrected chi connectivity index (χ1v) is 3.37. The van der Waals surface area contributed by atoms with Crippen LogP contribution in [-0.2, 0) is 4.79 Å². The summed E-state index contributed by atoms with van der Waals surface area (Å²) in [6.45, 7) is -0.673. The van der Waals surface area contributed by atoms with E-state index in [1.54, 1.807) is 0 Å². The molecule has 0 saturated heterocycles. The summed E-state index contributed by atoms with van der Waals surface area (Å²) >= 11 is 0. The smallest absolute Gasteiger partial charge is 0.332 e. The molecular formula is C6H12O6. The van der Waals surface area contributed by atoms with Crippen LogP contribution in [0.1, 0.15) is 6.42 Å². The van der Waals surface area contributed by atoms with Crippen molar-refractivity contribution in [1.82, 2.24) is 0 Å². The average Bonchev–Trinajstić information content (AvgIpc) is 2.02. The average molecular weight is 180 g/mol. The lowest BCUT2D eigenvalue weighted by Gasteiger charge is -2.16. The first kappa shape index (κ1) is 11.3. The molecular weight excluding hydrogens is 168 g/mol. The monoisotopic (exact) mass is 180 g/mol.